The number of carbonyl (C=O) groups excluding carboxylic acids is 1. The summed E-state index contributed by atoms with van der Waals surface area (Å²) in [5.74, 6) is 0.912. The first-order valence-corrected chi connectivity index (χ1v) is 10.3. The van der Waals surface area contributed by atoms with Crippen LogP contribution < -0.4 is 5.32 Å². The van der Waals surface area contributed by atoms with E-state index >= 15 is 0 Å². The molecule has 2 atom stereocenters. The van der Waals surface area contributed by atoms with E-state index in [-0.39, 0.29) is 11.9 Å². The standard InChI is InChI=1S/C23H27N5O/c1-15(2)17-11-13-19(14-12-17)22-25-27-28(26-22)16(3)23(29)24-21-10-6-8-18-7-4-5-9-20(18)21/h4-5,7,9,11-16,21H,6,8,10H2,1-3H3,(H,24,29)/t16-,21+/m0/s1. The van der Waals surface area contributed by atoms with Gasteiger partial charge in [-0.1, -0.05) is 62.4 Å². The zero-order valence-electron chi connectivity index (χ0n) is 17.2. The molecule has 1 aromatic heterocycles. The second-order valence-corrected chi connectivity index (χ2v) is 8.04. The van der Waals surface area contributed by atoms with Gasteiger partial charge in [0.1, 0.15) is 6.04 Å². The van der Waals surface area contributed by atoms with Gasteiger partial charge in [0.2, 0.25) is 11.7 Å². The fourth-order valence-electron chi connectivity index (χ4n) is 3.82. The van der Waals surface area contributed by atoms with Gasteiger partial charge < -0.3 is 5.32 Å². The lowest BCUT2D eigenvalue weighted by Gasteiger charge is -2.27. The summed E-state index contributed by atoms with van der Waals surface area (Å²) in [6.45, 7) is 6.13. The molecule has 0 saturated carbocycles. The molecule has 0 bridgehead atoms. The van der Waals surface area contributed by atoms with Crippen molar-refractivity contribution < 1.29 is 4.79 Å². The van der Waals surface area contributed by atoms with Crippen LogP contribution in [0.1, 0.15) is 68.3 Å². The number of tetrazole rings is 1. The second-order valence-electron chi connectivity index (χ2n) is 8.04. The van der Waals surface area contributed by atoms with E-state index in [1.807, 2.05) is 18.2 Å². The molecule has 0 radical (unpaired) electrons. The number of aryl methyl sites for hydroxylation is 1. The molecule has 0 aliphatic heterocycles. The third-order valence-electron chi connectivity index (χ3n) is 5.68. The Morgan fingerprint density at radius 2 is 1.86 bits per heavy atom. The molecule has 1 amide bonds. The second kappa shape index (κ2) is 8.15. The number of benzene rings is 2. The molecule has 1 N–H and O–H groups in total. The van der Waals surface area contributed by atoms with E-state index in [0.717, 1.165) is 24.8 Å². The number of hydrogen-bond acceptors (Lipinski definition) is 4. The van der Waals surface area contributed by atoms with E-state index in [9.17, 15) is 4.79 Å². The van der Waals surface area contributed by atoms with Crippen molar-refractivity contribution >= 4 is 5.91 Å². The van der Waals surface area contributed by atoms with Gasteiger partial charge in [0.05, 0.1) is 6.04 Å². The zero-order valence-corrected chi connectivity index (χ0v) is 17.2. The third-order valence-corrected chi connectivity index (χ3v) is 5.68. The fourth-order valence-corrected chi connectivity index (χ4v) is 3.82. The summed E-state index contributed by atoms with van der Waals surface area (Å²) in [7, 11) is 0. The highest BCUT2D eigenvalue weighted by molar-refractivity contribution is 5.80. The number of carbonyl (C=O) groups is 1. The van der Waals surface area contributed by atoms with Gasteiger partial charge in [-0.25, -0.2) is 0 Å². The van der Waals surface area contributed by atoms with Crippen molar-refractivity contribution in [2.24, 2.45) is 0 Å². The van der Waals surface area contributed by atoms with Gasteiger partial charge in [-0.2, -0.15) is 4.80 Å². The molecule has 3 aromatic rings. The third kappa shape index (κ3) is 4.06. The van der Waals surface area contributed by atoms with Crippen LogP contribution in [-0.2, 0) is 11.2 Å². The highest BCUT2D eigenvalue weighted by atomic mass is 16.2. The number of rotatable bonds is 5. The van der Waals surface area contributed by atoms with Crippen LogP contribution >= 0.6 is 0 Å². The molecule has 4 rings (SSSR count). The molecule has 1 aliphatic carbocycles. The average Bonchev–Trinajstić information content (AvgIpc) is 3.23. The SMILES string of the molecule is CC(C)c1ccc(-c2nnn([C@@H](C)C(=O)N[C@@H]3CCCc4ccccc43)n2)cc1. The van der Waals surface area contributed by atoms with Crippen molar-refractivity contribution in [2.45, 2.75) is 58.0 Å². The molecular weight excluding hydrogens is 362 g/mol. The smallest absolute Gasteiger partial charge is 0.247 e. The van der Waals surface area contributed by atoms with Gasteiger partial charge in [-0.05, 0) is 54.0 Å². The molecule has 0 saturated heterocycles. The Kier molecular flexibility index (Phi) is 5.43. The van der Waals surface area contributed by atoms with E-state index < -0.39 is 6.04 Å². The summed E-state index contributed by atoms with van der Waals surface area (Å²) in [4.78, 5) is 14.2. The predicted molar refractivity (Wildman–Crippen MR) is 112 cm³/mol. The Hall–Kier alpha value is -3.02. The highest BCUT2D eigenvalue weighted by Gasteiger charge is 2.25. The first-order chi connectivity index (χ1) is 14.0. The molecular formula is C23H27N5O. The topological polar surface area (TPSA) is 72.7 Å². The van der Waals surface area contributed by atoms with Crippen molar-refractivity contribution in [3.63, 3.8) is 0 Å². The highest BCUT2D eigenvalue weighted by Crippen LogP contribution is 2.29. The van der Waals surface area contributed by atoms with Crippen molar-refractivity contribution in [1.82, 2.24) is 25.5 Å². The lowest BCUT2D eigenvalue weighted by Crippen LogP contribution is -2.36. The minimum Gasteiger partial charge on any atom is -0.347 e. The molecule has 1 heterocycles. The summed E-state index contributed by atoms with van der Waals surface area (Å²) < 4.78 is 0. The van der Waals surface area contributed by atoms with E-state index in [1.54, 1.807) is 6.92 Å². The lowest BCUT2D eigenvalue weighted by atomic mass is 9.87. The van der Waals surface area contributed by atoms with Crippen LogP contribution in [0, 0.1) is 0 Å². The summed E-state index contributed by atoms with van der Waals surface area (Å²) in [6, 6.07) is 16.0. The maximum absolute atomic E-state index is 12.8. The minimum absolute atomic E-state index is 0.0430. The van der Waals surface area contributed by atoms with Crippen LogP contribution in [0.25, 0.3) is 11.4 Å². The van der Waals surface area contributed by atoms with Crippen molar-refractivity contribution in [3.8, 4) is 11.4 Å². The monoisotopic (exact) mass is 389 g/mol. The quantitative estimate of drug-likeness (QED) is 0.709. The van der Waals surface area contributed by atoms with Crippen LogP contribution in [0.5, 0.6) is 0 Å². The summed E-state index contributed by atoms with van der Waals surface area (Å²) in [5.41, 5.74) is 4.70. The Morgan fingerprint density at radius 1 is 1.10 bits per heavy atom. The van der Waals surface area contributed by atoms with Crippen molar-refractivity contribution in [3.05, 3.63) is 65.2 Å². The van der Waals surface area contributed by atoms with Crippen molar-refractivity contribution in [2.75, 3.05) is 0 Å². The van der Waals surface area contributed by atoms with Gasteiger partial charge in [0.15, 0.2) is 0 Å². The first kappa shape index (κ1) is 19.3. The number of amides is 1. The number of aromatic nitrogens is 4. The van der Waals surface area contributed by atoms with Crippen molar-refractivity contribution in [1.29, 1.82) is 0 Å². The Bertz CT molecular complexity index is 993. The normalized spacial score (nSPS) is 17.0. The van der Waals surface area contributed by atoms with Crippen LogP contribution in [-0.4, -0.2) is 26.1 Å². The zero-order chi connectivity index (χ0) is 20.4. The summed E-state index contributed by atoms with van der Waals surface area (Å²) in [5, 5.41) is 15.9. The number of nitrogens with one attached hydrogen (secondary N) is 1. The first-order valence-electron chi connectivity index (χ1n) is 10.3. The van der Waals surface area contributed by atoms with Crippen LogP contribution in [0.2, 0.25) is 0 Å². The van der Waals surface area contributed by atoms with Crippen LogP contribution in [0.15, 0.2) is 48.5 Å². The summed E-state index contributed by atoms with van der Waals surface area (Å²) >= 11 is 0. The Balaban J connectivity index is 1.46. The van der Waals surface area contributed by atoms with E-state index in [4.69, 9.17) is 0 Å². The predicted octanol–water partition coefficient (Wildman–Crippen LogP) is 4.22. The van der Waals surface area contributed by atoms with Gasteiger partial charge in [0, 0.05) is 5.56 Å². The molecule has 0 unspecified atom stereocenters. The molecule has 0 spiro atoms. The number of hydrogen-bond donors (Lipinski definition) is 1. The van der Waals surface area contributed by atoms with Crippen LogP contribution in [0.3, 0.4) is 0 Å². The van der Waals surface area contributed by atoms with Gasteiger partial charge in [-0.3, -0.25) is 4.79 Å². The van der Waals surface area contributed by atoms with Gasteiger partial charge >= 0.3 is 0 Å². The van der Waals surface area contributed by atoms with E-state index in [0.29, 0.717) is 11.7 Å². The molecule has 29 heavy (non-hydrogen) atoms. The average molecular weight is 390 g/mol. The van der Waals surface area contributed by atoms with E-state index in [2.05, 4.69) is 64.9 Å². The Morgan fingerprint density at radius 3 is 2.62 bits per heavy atom. The maximum atomic E-state index is 12.8. The number of nitrogens with zero attached hydrogens (tertiary/aromatic N) is 4. The van der Waals surface area contributed by atoms with Gasteiger partial charge in [0.25, 0.3) is 0 Å². The fraction of sp³-hybridized carbons (Fsp3) is 0.391. The molecule has 1 aliphatic rings. The molecule has 150 valence electrons. The van der Waals surface area contributed by atoms with Gasteiger partial charge in [-0.15, -0.1) is 10.2 Å². The minimum atomic E-state index is -0.528. The molecule has 6 nitrogen and oxygen atoms in total. The van der Waals surface area contributed by atoms with E-state index in [1.165, 1.54) is 21.5 Å². The molecule has 0 fully saturated rings. The lowest BCUT2D eigenvalue weighted by molar-refractivity contribution is -0.125. The van der Waals surface area contributed by atoms with Crippen LogP contribution in [0.4, 0.5) is 0 Å². The molecule has 2 aromatic carbocycles. The maximum Gasteiger partial charge on any atom is 0.247 e. The number of fused-ring (bicyclic) bond motifs is 1. The largest absolute Gasteiger partial charge is 0.347 e. The molecule has 6 heteroatoms. The summed E-state index contributed by atoms with van der Waals surface area (Å²) in [6.07, 6.45) is 3.10. The Labute approximate surface area is 171 Å².